The number of hydrogen-bond donors (Lipinski definition) is 1. The molecule has 1 unspecified atom stereocenters. The van der Waals surface area contributed by atoms with Gasteiger partial charge in [-0.15, -0.1) is 0 Å². The zero-order chi connectivity index (χ0) is 11.0. The van der Waals surface area contributed by atoms with Crippen LogP contribution in [0, 0.1) is 6.92 Å². The summed E-state index contributed by atoms with van der Waals surface area (Å²) in [6.07, 6.45) is 4.72. The van der Waals surface area contributed by atoms with Gasteiger partial charge in [-0.1, -0.05) is 6.07 Å². The van der Waals surface area contributed by atoms with Gasteiger partial charge < -0.3 is 9.72 Å². The fourth-order valence-corrected chi connectivity index (χ4v) is 2.47. The lowest BCUT2D eigenvalue weighted by Crippen LogP contribution is -2.28. The Morgan fingerprint density at radius 2 is 2.38 bits per heavy atom. The van der Waals surface area contributed by atoms with Gasteiger partial charge in [-0.3, -0.25) is 0 Å². The molecule has 3 heteroatoms. The molecule has 0 spiro atoms. The number of fused-ring (bicyclic) bond motifs is 1. The van der Waals surface area contributed by atoms with Crippen LogP contribution in [-0.2, 0) is 0 Å². The molecule has 0 bridgehead atoms. The molecule has 1 aliphatic heterocycles. The summed E-state index contributed by atoms with van der Waals surface area (Å²) < 4.78 is 2.18. The quantitative estimate of drug-likeness (QED) is 0.789. The van der Waals surface area contributed by atoms with Crippen LogP contribution in [0.1, 0.15) is 30.1 Å². The molecule has 1 N–H and O–H groups in total. The second-order valence-electron chi connectivity index (χ2n) is 4.60. The van der Waals surface area contributed by atoms with Crippen molar-refractivity contribution in [3.8, 4) is 0 Å². The number of nitrogens with zero attached hydrogens (tertiary/aromatic N) is 2. The van der Waals surface area contributed by atoms with E-state index in [0.717, 1.165) is 18.7 Å². The molecule has 84 valence electrons. The second kappa shape index (κ2) is 3.91. The minimum atomic E-state index is 0.591. The van der Waals surface area contributed by atoms with Crippen LogP contribution in [0.15, 0.2) is 24.4 Å². The molecule has 0 aromatic carbocycles. The number of pyridine rings is 1. The van der Waals surface area contributed by atoms with Crippen LogP contribution in [0.2, 0.25) is 0 Å². The average molecular weight is 215 g/mol. The van der Waals surface area contributed by atoms with E-state index in [4.69, 9.17) is 4.98 Å². The van der Waals surface area contributed by atoms with Crippen LogP contribution < -0.4 is 5.32 Å². The first kappa shape index (κ1) is 9.85. The highest BCUT2D eigenvalue weighted by Crippen LogP contribution is 2.23. The molecule has 0 amide bonds. The molecule has 1 atom stereocenters. The van der Waals surface area contributed by atoms with Gasteiger partial charge in [0.25, 0.3) is 0 Å². The van der Waals surface area contributed by atoms with Gasteiger partial charge in [0.05, 0.1) is 5.69 Å². The van der Waals surface area contributed by atoms with E-state index in [9.17, 15) is 0 Å². The summed E-state index contributed by atoms with van der Waals surface area (Å²) >= 11 is 0. The van der Waals surface area contributed by atoms with Gasteiger partial charge in [-0.2, -0.15) is 0 Å². The molecule has 2 aromatic rings. The van der Waals surface area contributed by atoms with E-state index in [1.165, 1.54) is 24.2 Å². The molecular formula is C13H17N3. The number of piperidine rings is 1. The number of aryl methyl sites for hydroxylation is 1. The van der Waals surface area contributed by atoms with E-state index in [1.807, 2.05) is 0 Å². The zero-order valence-electron chi connectivity index (χ0n) is 9.61. The predicted molar refractivity (Wildman–Crippen MR) is 64.8 cm³/mol. The molecular weight excluding hydrogens is 198 g/mol. The molecule has 3 heterocycles. The van der Waals surface area contributed by atoms with E-state index in [2.05, 4.69) is 41.0 Å². The van der Waals surface area contributed by atoms with Gasteiger partial charge >= 0.3 is 0 Å². The zero-order valence-corrected chi connectivity index (χ0v) is 9.61. The Labute approximate surface area is 95.5 Å². The van der Waals surface area contributed by atoms with Crippen molar-refractivity contribution in [1.82, 2.24) is 14.7 Å². The Balaban J connectivity index is 2.01. The fourth-order valence-electron chi connectivity index (χ4n) is 2.47. The fraction of sp³-hybridized carbons (Fsp3) is 0.462. The summed E-state index contributed by atoms with van der Waals surface area (Å²) in [5, 5.41) is 3.44. The van der Waals surface area contributed by atoms with Gasteiger partial charge in [-0.25, -0.2) is 4.98 Å². The largest absolute Gasteiger partial charge is 0.316 e. The van der Waals surface area contributed by atoms with Crippen LogP contribution in [0.3, 0.4) is 0 Å². The first-order valence-electron chi connectivity index (χ1n) is 6.00. The van der Waals surface area contributed by atoms with E-state index in [-0.39, 0.29) is 0 Å². The lowest BCUT2D eigenvalue weighted by atomic mass is 9.97. The smallest absolute Gasteiger partial charge is 0.137 e. The lowest BCUT2D eigenvalue weighted by molar-refractivity contribution is 0.456. The van der Waals surface area contributed by atoms with Gasteiger partial charge in [0, 0.05) is 24.4 Å². The third kappa shape index (κ3) is 1.61. The molecule has 0 aliphatic carbocycles. The Kier molecular flexibility index (Phi) is 2.40. The van der Waals surface area contributed by atoms with E-state index < -0.39 is 0 Å². The predicted octanol–water partition coefficient (Wildman–Crippen LogP) is 2.11. The Bertz CT molecular complexity index is 495. The Hall–Kier alpha value is -1.35. The number of aromatic nitrogens is 2. The van der Waals surface area contributed by atoms with Gasteiger partial charge in [0.1, 0.15) is 5.65 Å². The molecule has 0 radical (unpaired) electrons. The summed E-state index contributed by atoms with van der Waals surface area (Å²) in [5.74, 6) is 0.591. The molecule has 1 aliphatic rings. The lowest BCUT2D eigenvalue weighted by Gasteiger charge is -2.20. The summed E-state index contributed by atoms with van der Waals surface area (Å²) in [4.78, 5) is 4.72. The molecule has 0 saturated carbocycles. The molecule has 1 saturated heterocycles. The van der Waals surface area contributed by atoms with Crippen molar-refractivity contribution in [2.75, 3.05) is 13.1 Å². The maximum Gasteiger partial charge on any atom is 0.137 e. The molecule has 3 nitrogen and oxygen atoms in total. The van der Waals surface area contributed by atoms with Crippen molar-refractivity contribution in [1.29, 1.82) is 0 Å². The highest BCUT2D eigenvalue weighted by atomic mass is 15.0. The maximum atomic E-state index is 4.72. The minimum absolute atomic E-state index is 0.591. The van der Waals surface area contributed by atoms with Crippen molar-refractivity contribution in [2.45, 2.75) is 25.7 Å². The topological polar surface area (TPSA) is 29.3 Å². The van der Waals surface area contributed by atoms with Gasteiger partial charge in [0.2, 0.25) is 0 Å². The summed E-state index contributed by atoms with van der Waals surface area (Å²) in [5.41, 5.74) is 3.56. The summed E-state index contributed by atoms with van der Waals surface area (Å²) in [7, 11) is 0. The minimum Gasteiger partial charge on any atom is -0.316 e. The standard InChI is InChI=1S/C13H17N3/c1-10-4-2-6-13-15-12(9-16(10)13)11-5-3-7-14-8-11/h2,4,6,9,11,14H,3,5,7-8H2,1H3. The maximum absolute atomic E-state index is 4.72. The SMILES string of the molecule is Cc1cccc2nc(C3CCCNC3)cn12. The van der Waals surface area contributed by atoms with Crippen LogP contribution in [-0.4, -0.2) is 22.5 Å². The number of hydrogen-bond acceptors (Lipinski definition) is 2. The van der Waals surface area contributed by atoms with Crippen LogP contribution in [0.5, 0.6) is 0 Å². The first-order valence-corrected chi connectivity index (χ1v) is 6.00. The first-order chi connectivity index (χ1) is 7.84. The number of nitrogens with one attached hydrogen (secondary N) is 1. The van der Waals surface area contributed by atoms with E-state index >= 15 is 0 Å². The highest BCUT2D eigenvalue weighted by Gasteiger charge is 2.18. The number of rotatable bonds is 1. The van der Waals surface area contributed by atoms with Crippen molar-refractivity contribution >= 4 is 5.65 Å². The third-order valence-electron chi connectivity index (χ3n) is 3.43. The molecule has 2 aromatic heterocycles. The van der Waals surface area contributed by atoms with Crippen LogP contribution in [0.25, 0.3) is 5.65 Å². The van der Waals surface area contributed by atoms with E-state index in [0.29, 0.717) is 5.92 Å². The Morgan fingerprint density at radius 3 is 3.12 bits per heavy atom. The van der Waals surface area contributed by atoms with Crippen LogP contribution >= 0.6 is 0 Å². The van der Waals surface area contributed by atoms with Gasteiger partial charge in [0.15, 0.2) is 0 Å². The third-order valence-corrected chi connectivity index (χ3v) is 3.43. The van der Waals surface area contributed by atoms with Crippen molar-refractivity contribution in [3.63, 3.8) is 0 Å². The molecule has 16 heavy (non-hydrogen) atoms. The van der Waals surface area contributed by atoms with Crippen molar-refractivity contribution in [2.24, 2.45) is 0 Å². The highest BCUT2D eigenvalue weighted by molar-refractivity contribution is 5.42. The molecule has 1 fully saturated rings. The summed E-state index contributed by atoms with van der Waals surface area (Å²) in [6, 6.07) is 6.27. The van der Waals surface area contributed by atoms with Gasteiger partial charge in [-0.05, 0) is 38.4 Å². The average Bonchev–Trinajstić information content (AvgIpc) is 2.76. The molecule has 3 rings (SSSR count). The number of imidazole rings is 1. The Morgan fingerprint density at radius 1 is 1.44 bits per heavy atom. The van der Waals surface area contributed by atoms with Crippen molar-refractivity contribution < 1.29 is 0 Å². The van der Waals surface area contributed by atoms with E-state index in [1.54, 1.807) is 0 Å². The normalized spacial score (nSPS) is 21.4. The van der Waals surface area contributed by atoms with Crippen LogP contribution in [0.4, 0.5) is 0 Å². The summed E-state index contributed by atoms with van der Waals surface area (Å²) in [6.45, 7) is 4.35. The monoisotopic (exact) mass is 215 g/mol. The van der Waals surface area contributed by atoms with Crippen molar-refractivity contribution in [3.05, 3.63) is 35.8 Å². The second-order valence-corrected chi connectivity index (χ2v) is 4.60.